The Morgan fingerprint density at radius 3 is 2.34 bits per heavy atom. The minimum Gasteiger partial charge on any atom is -0.452 e. The lowest BCUT2D eigenvalue weighted by molar-refractivity contribution is -0.125. The maximum Gasteiger partial charge on any atom is 0.339 e. The first-order chi connectivity index (χ1) is 14.0. The molecule has 152 valence electrons. The van der Waals surface area contributed by atoms with Gasteiger partial charge in [0, 0.05) is 22.2 Å². The molecular weight excluding hydrogens is 390 g/mol. The number of halogens is 1. The van der Waals surface area contributed by atoms with Crippen molar-refractivity contribution in [1.82, 2.24) is 5.32 Å². The van der Waals surface area contributed by atoms with E-state index in [0.717, 1.165) is 19.3 Å². The first-order valence-electron chi connectivity index (χ1n) is 9.81. The van der Waals surface area contributed by atoms with Gasteiger partial charge >= 0.3 is 5.97 Å². The molecule has 2 atom stereocenters. The summed E-state index contributed by atoms with van der Waals surface area (Å²) in [7, 11) is 0. The third kappa shape index (κ3) is 5.45. The molecule has 1 N–H and O–H groups in total. The first-order valence-corrected chi connectivity index (χ1v) is 10.2. The predicted molar refractivity (Wildman–Crippen MR) is 111 cm³/mol. The number of ketones is 1. The Bertz CT molecular complexity index is 894. The van der Waals surface area contributed by atoms with Crippen molar-refractivity contribution in [3.05, 3.63) is 70.2 Å². The van der Waals surface area contributed by atoms with E-state index in [9.17, 15) is 14.4 Å². The highest BCUT2D eigenvalue weighted by atomic mass is 35.5. The fourth-order valence-corrected chi connectivity index (χ4v) is 3.73. The van der Waals surface area contributed by atoms with Gasteiger partial charge in [-0.15, -0.1) is 0 Å². The summed E-state index contributed by atoms with van der Waals surface area (Å²) < 4.78 is 5.19. The van der Waals surface area contributed by atoms with Crippen LogP contribution in [0, 0.1) is 5.92 Å². The van der Waals surface area contributed by atoms with Gasteiger partial charge in [0.15, 0.2) is 12.4 Å². The van der Waals surface area contributed by atoms with Gasteiger partial charge in [0.1, 0.15) is 0 Å². The third-order valence-electron chi connectivity index (χ3n) is 5.29. The maximum absolute atomic E-state index is 12.8. The maximum atomic E-state index is 12.8. The highest BCUT2D eigenvalue weighted by molar-refractivity contribution is 6.30. The summed E-state index contributed by atoms with van der Waals surface area (Å²) >= 11 is 5.87. The minimum atomic E-state index is -0.699. The highest BCUT2D eigenvalue weighted by Gasteiger charge is 2.24. The molecule has 0 heterocycles. The number of amides is 1. The average molecular weight is 414 g/mol. The minimum absolute atomic E-state index is 0.119. The third-order valence-corrected chi connectivity index (χ3v) is 5.54. The largest absolute Gasteiger partial charge is 0.452 e. The lowest BCUT2D eigenvalue weighted by Gasteiger charge is -2.29. The Hall–Kier alpha value is -2.66. The monoisotopic (exact) mass is 413 g/mol. The van der Waals surface area contributed by atoms with Gasteiger partial charge in [-0.2, -0.15) is 0 Å². The van der Waals surface area contributed by atoms with Crippen LogP contribution < -0.4 is 5.32 Å². The quantitative estimate of drug-likeness (QED) is 0.562. The van der Waals surface area contributed by atoms with Crippen LogP contribution in [-0.2, 0) is 9.53 Å². The highest BCUT2D eigenvalue weighted by Crippen LogP contribution is 2.23. The van der Waals surface area contributed by atoms with Crippen molar-refractivity contribution in [1.29, 1.82) is 0 Å². The molecule has 29 heavy (non-hydrogen) atoms. The second kappa shape index (κ2) is 9.70. The van der Waals surface area contributed by atoms with Crippen molar-refractivity contribution in [3.63, 3.8) is 0 Å². The molecule has 6 heteroatoms. The van der Waals surface area contributed by atoms with Crippen LogP contribution >= 0.6 is 11.6 Å². The van der Waals surface area contributed by atoms with Gasteiger partial charge in [0.05, 0.1) is 5.56 Å². The summed E-state index contributed by atoms with van der Waals surface area (Å²) in [5, 5.41) is 3.47. The molecule has 0 spiro atoms. The molecule has 2 aromatic rings. The van der Waals surface area contributed by atoms with Crippen molar-refractivity contribution >= 4 is 29.3 Å². The Morgan fingerprint density at radius 1 is 1.00 bits per heavy atom. The van der Waals surface area contributed by atoms with Crippen molar-refractivity contribution in [2.75, 3.05) is 6.61 Å². The van der Waals surface area contributed by atoms with Crippen LogP contribution in [0.4, 0.5) is 0 Å². The number of hydrogen-bond acceptors (Lipinski definition) is 4. The van der Waals surface area contributed by atoms with E-state index in [0.29, 0.717) is 16.5 Å². The van der Waals surface area contributed by atoms with Crippen molar-refractivity contribution < 1.29 is 19.1 Å². The zero-order valence-electron chi connectivity index (χ0n) is 16.3. The fraction of sp³-hybridized carbons (Fsp3) is 0.348. The van der Waals surface area contributed by atoms with Crippen molar-refractivity contribution in [2.24, 2.45) is 5.92 Å². The molecule has 1 saturated carbocycles. The van der Waals surface area contributed by atoms with Gasteiger partial charge in [0.2, 0.25) is 0 Å². The number of nitrogens with one attached hydrogen (secondary N) is 1. The molecule has 0 saturated heterocycles. The van der Waals surface area contributed by atoms with Crippen molar-refractivity contribution in [3.8, 4) is 0 Å². The van der Waals surface area contributed by atoms with E-state index < -0.39 is 5.97 Å². The molecule has 2 aromatic carbocycles. The zero-order valence-corrected chi connectivity index (χ0v) is 17.1. The SMILES string of the molecule is C[C@H]1CCCC[C@@H]1NC(=O)COC(=O)c1ccccc1C(=O)c1ccc(Cl)cc1. The predicted octanol–water partition coefficient (Wildman–Crippen LogP) is 4.42. The smallest absolute Gasteiger partial charge is 0.339 e. The Kier molecular flexibility index (Phi) is 7.04. The molecule has 1 amide bonds. The number of carbonyl (C=O) groups is 3. The summed E-state index contributed by atoms with van der Waals surface area (Å²) in [4.78, 5) is 37.5. The molecular formula is C23H24ClNO4. The van der Waals surface area contributed by atoms with Crippen LogP contribution in [-0.4, -0.2) is 30.3 Å². The lowest BCUT2D eigenvalue weighted by Crippen LogP contribution is -2.42. The molecule has 0 aromatic heterocycles. The Morgan fingerprint density at radius 2 is 1.66 bits per heavy atom. The molecule has 0 unspecified atom stereocenters. The second-order valence-corrected chi connectivity index (χ2v) is 7.83. The Balaban J connectivity index is 1.64. The van der Waals surface area contributed by atoms with Crippen LogP contribution in [0.2, 0.25) is 5.02 Å². The van der Waals surface area contributed by atoms with E-state index in [4.69, 9.17) is 16.3 Å². The molecule has 1 aliphatic rings. The van der Waals surface area contributed by atoms with E-state index >= 15 is 0 Å². The van der Waals surface area contributed by atoms with Crippen molar-refractivity contribution in [2.45, 2.75) is 38.6 Å². The van der Waals surface area contributed by atoms with Crippen LogP contribution in [0.3, 0.4) is 0 Å². The summed E-state index contributed by atoms with van der Waals surface area (Å²) in [6.07, 6.45) is 4.31. The van der Waals surface area contributed by atoms with E-state index in [1.165, 1.54) is 12.5 Å². The topological polar surface area (TPSA) is 72.5 Å². The molecule has 1 fully saturated rings. The number of ether oxygens (including phenoxy) is 1. The zero-order chi connectivity index (χ0) is 20.8. The van der Waals surface area contributed by atoms with Gasteiger partial charge in [-0.1, -0.05) is 49.6 Å². The number of rotatable bonds is 6. The van der Waals surface area contributed by atoms with Gasteiger partial charge in [-0.3, -0.25) is 9.59 Å². The average Bonchev–Trinajstić information content (AvgIpc) is 2.74. The molecule has 0 radical (unpaired) electrons. The van der Waals surface area contributed by atoms with E-state index in [2.05, 4.69) is 12.2 Å². The molecule has 1 aliphatic carbocycles. The standard InChI is InChI=1S/C23H24ClNO4/c1-15-6-2-5-9-20(15)25-21(26)14-29-23(28)19-8-4-3-7-18(19)22(27)16-10-12-17(24)13-11-16/h3-4,7-8,10-13,15,20H,2,5-6,9,14H2,1H3,(H,25,26)/t15-,20-/m0/s1. The molecule has 0 aliphatic heterocycles. The summed E-state index contributed by atoms with van der Waals surface area (Å²) in [6, 6.07) is 13.0. The molecule has 3 rings (SSSR count). The van der Waals surface area contributed by atoms with E-state index in [1.54, 1.807) is 42.5 Å². The lowest BCUT2D eigenvalue weighted by atomic mass is 9.86. The van der Waals surface area contributed by atoms with Gasteiger partial charge in [-0.25, -0.2) is 4.79 Å². The van der Waals surface area contributed by atoms with Crippen LogP contribution in [0.15, 0.2) is 48.5 Å². The molecule has 5 nitrogen and oxygen atoms in total. The molecule has 0 bridgehead atoms. The summed E-state index contributed by atoms with van der Waals surface area (Å²) in [5.41, 5.74) is 0.770. The second-order valence-electron chi connectivity index (χ2n) is 7.39. The van der Waals surface area contributed by atoms with Crippen LogP contribution in [0.1, 0.15) is 58.9 Å². The fourth-order valence-electron chi connectivity index (χ4n) is 3.60. The number of esters is 1. The van der Waals surface area contributed by atoms with Gasteiger partial charge < -0.3 is 10.1 Å². The van der Waals surface area contributed by atoms with Gasteiger partial charge in [0.25, 0.3) is 5.91 Å². The normalized spacial score (nSPS) is 18.7. The van der Waals surface area contributed by atoms with E-state index in [1.807, 2.05) is 0 Å². The van der Waals surface area contributed by atoms with Crippen LogP contribution in [0.25, 0.3) is 0 Å². The van der Waals surface area contributed by atoms with Crippen LogP contribution in [0.5, 0.6) is 0 Å². The first kappa shape index (κ1) is 21.1. The Labute approximate surface area is 175 Å². The summed E-state index contributed by atoms with van der Waals surface area (Å²) in [5.74, 6) is -0.913. The number of benzene rings is 2. The number of carbonyl (C=O) groups excluding carboxylic acids is 3. The van der Waals surface area contributed by atoms with Gasteiger partial charge in [-0.05, 0) is 49.1 Å². The summed E-state index contributed by atoms with van der Waals surface area (Å²) in [6.45, 7) is 1.75. The number of hydrogen-bond donors (Lipinski definition) is 1. The van der Waals surface area contributed by atoms with E-state index in [-0.39, 0.29) is 35.5 Å².